The highest BCUT2D eigenvalue weighted by atomic mass is 32.1. The monoisotopic (exact) mass is 365 g/mol. The van der Waals surface area contributed by atoms with Gasteiger partial charge >= 0.3 is 0 Å². The maximum Gasteiger partial charge on any atom is 0.235 e. The summed E-state index contributed by atoms with van der Waals surface area (Å²) in [6, 6.07) is 23.3. The average molecular weight is 365 g/mol. The van der Waals surface area contributed by atoms with Gasteiger partial charge in [-0.2, -0.15) is 0 Å². The highest BCUT2D eigenvalue weighted by Gasteiger charge is 2.15. The molecule has 0 aliphatic heterocycles. The summed E-state index contributed by atoms with van der Waals surface area (Å²) in [6.45, 7) is 2.15. The van der Waals surface area contributed by atoms with Crippen LogP contribution in [0.4, 0.5) is 0 Å². The van der Waals surface area contributed by atoms with Crippen molar-refractivity contribution in [1.82, 2.24) is 14.5 Å². The van der Waals surface area contributed by atoms with E-state index in [2.05, 4.69) is 78.2 Å². The Balaban J connectivity index is 1.75. The summed E-state index contributed by atoms with van der Waals surface area (Å²) in [6.07, 6.45) is 1.96. The van der Waals surface area contributed by atoms with E-state index in [9.17, 15) is 0 Å². The molecule has 0 radical (unpaired) electrons. The predicted octanol–water partition coefficient (Wildman–Crippen LogP) is 6.25. The minimum absolute atomic E-state index is 0.723. The summed E-state index contributed by atoms with van der Waals surface area (Å²) in [5, 5.41) is 3.66. The van der Waals surface area contributed by atoms with Gasteiger partial charge in [-0.1, -0.05) is 54.6 Å². The number of hydrogen-bond donors (Lipinski definition) is 0. The summed E-state index contributed by atoms with van der Waals surface area (Å²) in [7, 11) is 0. The Morgan fingerprint density at radius 2 is 1.44 bits per heavy atom. The zero-order valence-corrected chi connectivity index (χ0v) is 15.5. The molecule has 128 valence electrons. The van der Waals surface area contributed by atoms with Crippen molar-refractivity contribution in [3.8, 4) is 5.95 Å². The molecule has 0 unspecified atom stereocenters. The van der Waals surface area contributed by atoms with Crippen LogP contribution in [0.5, 0.6) is 0 Å². The van der Waals surface area contributed by atoms with Gasteiger partial charge < -0.3 is 0 Å². The molecule has 3 heterocycles. The van der Waals surface area contributed by atoms with Crippen LogP contribution in [0, 0.1) is 6.92 Å². The number of fused-ring (bicyclic) bond motifs is 6. The molecule has 0 N–H and O–H groups in total. The first-order chi connectivity index (χ1) is 13.3. The van der Waals surface area contributed by atoms with Gasteiger partial charge in [-0.05, 0) is 24.6 Å². The Labute approximate surface area is 159 Å². The molecule has 0 aliphatic carbocycles. The Hall–Kier alpha value is -3.24. The van der Waals surface area contributed by atoms with E-state index in [1.165, 1.54) is 26.4 Å². The molecular weight excluding hydrogens is 350 g/mol. The molecule has 0 saturated heterocycles. The number of hydrogen-bond acceptors (Lipinski definition) is 3. The first kappa shape index (κ1) is 14.9. The lowest BCUT2D eigenvalue weighted by molar-refractivity contribution is 1.01. The number of aromatic nitrogens is 3. The largest absolute Gasteiger partial charge is 0.278 e. The van der Waals surface area contributed by atoms with Crippen molar-refractivity contribution in [2.75, 3.05) is 0 Å². The van der Waals surface area contributed by atoms with E-state index in [0.717, 1.165) is 27.2 Å². The van der Waals surface area contributed by atoms with E-state index in [1.807, 2.05) is 6.20 Å². The highest BCUT2D eigenvalue weighted by molar-refractivity contribution is 7.25. The van der Waals surface area contributed by atoms with Crippen molar-refractivity contribution < 1.29 is 0 Å². The van der Waals surface area contributed by atoms with E-state index in [1.54, 1.807) is 11.3 Å². The van der Waals surface area contributed by atoms with Crippen molar-refractivity contribution in [2.24, 2.45) is 0 Å². The number of thiophene rings is 1. The molecule has 3 aromatic carbocycles. The van der Waals surface area contributed by atoms with Crippen LogP contribution in [0.1, 0.15) is 5.56 Å². The summed E-state index contributed by atoms with van der Waals surface area (Å²) in [4.78, 5) is 9.75. The van der Waals surface area contributed by atoms with Gasteiger partial charge in [-0.3, -0.25) is 4.57 Å². The molecule has 0 amide bonds. The van der Waals surface area contributed by atoms with Crippen molar-refractivity contribution >= 4 is 53.4 Å². The topological polar surface area (TPSA) is 30.7 Å². The van der Waals surface area contributed by atoms with Crippen LogP contribution in [-0.4, -0.2) is 14.5 Å². The number of benzene rings is 3. The average Bonchev–Trinajstić information content (AvgIpc) is 3.24. The SMILES string of the molecule is Cc1cccc2c1sc1cnc(-n3c4ccccc4c4ccccc43)nc12. The van der Waals surface area contributed by atoms with E-state index in [4.69, 9.17) is 9.97 Å². The smallest absolute Gasteiger partial charge is 0.235 e. The van der Waals surface area contributed by atoms with Gasteiger partial charge in [0.25, 0.3) is 0 Å². The number of rotatable bonds is 1. The van der Waals surface area contributed by atoms with Gasteiger partial charge in [0.1, 0.15) is 0 Å². The van der Waals surface area contributed by atoms with Crippen LogP contribution in [0.25, 0.3) is 48.1 Å². The molecule has 6 rings (SSSR count). The zero-order chi connectivity index (χ0) is 18.0. The fraction of sp³-hybridized carbons (Fsp3) is 0.0435. The van der Waals surface area contributed by atoms with Gasteiger partial charge in [0.05, 0.1) is 27.4 Å². The third-order valence-corrected chi connectivity index (χ3v) is 6.47. The van der Waals surface area contributed by atoms with Crippen LogP contribution < -0.4 is 0 Å². The van der Waals surface area contributed by atoms with Crippen molar-refractivity contribution in [3.05, 3.63) is 78.5 Å². The second kappa shape index (κ2) is 5.38. The summed E-state index contributed by atoms with van der Waals surface area (Å²) in [5.41, 5.74) is 4.59. The van der Waals surface area contributed by atoms with Gasteiger partial charge in [-0.25, -0.2) is 9.97 Å². The molecule has 0 bridgehead atoms. The minimum Gasteiger partial charge on any atom is -0.278 e. The maximum atomic E-state index is 5.01. The molecule has 3 aromatic heterocycles. The lowest BCUT2D eigenvalue weighted by Gasteiger charge is -2.05. The van der Waals surface area contributed by atoms with Crippen molar-refractivity contribution in [3.63, 3.8) is 0 Å². The number of aryl methyl sites for hydroxylation is 1. The van der Waals surface area contributed by atoms with Gasteiger partial charge in [0.2, 0.25) is 5.95 Å². The normalized spacial score (nSPS) is 11.9. The van der Waals surface area contributed by atoms with Crippen LogP contribution in [-0.2, 0) is 0 Å². The maximum absolute atomic E-state index is 5.01. The fourth-order valence-electron chi connectivity index (χ4n) is 3.96. The van der Waals surface area contributed by atoms with E-state index >= 15 is 0 Å². The summed E-state index contributed by atoms with van der Waals surface area (Å²) >= 11 is 1.77. The molecule has 0 saturated carbocycles. The first-order valence-electron chi connectivity index (χ1n) is 8.95. The quantitative estimate of drug-likeness (QED) is 0.345. The van der Waals surface area contributed by atoms with Crippen molar-refractivity contribution in [2.45, 2.75) is 6.92 Å². The van der Waals surface area contributed by atoms with Crippen LogP contribution in [0.3, 0.4) is 0 Å². The lowest BCUT2D eigenvalue weighted by Crippen LogP contribution is -2.00. The standard InChI is InChI=1S/C23H15N3S/c1-14-7-6-10-17-21-20(27-22(14)17)13-24-23(25-21)26-18-11-4-2-8-15(18)16-9-3-5-12-19(16)26/h2-13H,1H3. The minimum atomic E-state index is 0.723. The van der Waals surface area contributed by atoms with E-state index < -0.39 is 0 Å². The Morgan fingerprint density at radius 1 is 0.778 bits per heavy atom. The van der Waals surface area contributed by atoms with Gasteiger partial charge in [-0.15, -0.1) is 11.3 Å². The van der Waals surface area contributed by atoms with Crippen LogP contribution in [0.15, 0.2) is 72.9 Å². The Bertz CT molecular complexity index is 1440. The molecule has 4 heteroatoms. The molecule has 6 aromatic rings. The predicted molar refractivity (Wildman–Crippen MR) is 114 cm³/mol. The molecule has 0 atom stereocenters. The number of para-hydroxylation sites is 2. The zero-order valence-electron chi connectivity index (χ0n) is 14.7. The second-order valence-corrected chi connectivity index (χ2v) is 7.86. The van der Waals surface area contributed by atoms with E-state index in [0.29, 0.717) is 0 Å². The third-order valence-electron chi connectivity index (χ3n) is 5.20. The molecule has 27 heavy (non-hydrogen) atoms. The highest BCUT2D eigenvalue weighted by Crippen LogP contribution is 2.36. The van der Waals surface area contributed by atoms with Gasteiger partial charge in [0.15, 0.2) is 0 Å². The third kappa shape index (κ3) is 2.02. The van der Waals surface area contributed by atoms with Crippen LogP contribution >= 0.6 is 11.3 Å². The molecule has 0 spiro atoms. The first-order valence-corrected chi connectivity index (χ1v) is 9.76. The summed E-state index contributed by atoms with van der Waals surface area (Å²) < 4.78 is 4.59. The Morgan fingerprint density at radius 3 is 2.19 bits per heavy atom. The number of nitrogens with zero attached hydrogens (tertiary/aromatic N) is 3. The lowest BCUT2D eigenvalue weighted by atomic mass is 10.2. The fourth-order valence-corrected chi connectivity index (χ4v) is 5.04. The Kier molecular flexibility index (Phi) is 2.96. The van der Waals surface area contributed by atoms with Crippen LogP contribution in [0.2, 0.25) is 0 Å². The van der Waals surface area contributed by atoms with Gasteiger partial charge in [0, 0.05) is 20.9 Å². The molecular formula is C23H15N3S. The molecule has 0 aliphatic rings. The second-order valence-electron chi connectivity index (χ2n) is 6.81. The van der Waals surface area contributed by atoms with E-state index in [-0.39, 0.29) is 0 Å². The molecule has 3 nitrogen and oxygen atoms in total. The molecule has 0 fully saturated rings. The summed E-state index contributed by atoms with van der Waals surface area (Å²) in [5.74, 6) is 0.723. The van der Waals surface area contributed by atoms with Crippen molar-refractivity contribution in [1.29, 1.82) is 0 Å².